The fourth-order valence-electron chi connectivity index (χ4n) is 2.66. The van der Waals surface area contributed by atoms with Gasteiger partial charge in [0.05, 0.1) is 10.7 Å². The summed E-state index contributed by atoms with van der Waals surface area (Å²) in [6, 6.07) is 15.8. The van der Waals surface area contributed by atoms with Crippen molar-refractivity contribution in [3.05, 3.63) is 59.0 Å². The van der Waals surface area contributed by atoms with Crippen LogP contribution in [0.1, 0.15) is 6.92 Å². The van der Waals surface area contributed by atoms with Gasteiger partial charge in [-0.2, -0.15) is 0 Å². The molecule has 0 unspecified atom stereocenters. The van der Waals surface area contributed by atoms with Gasteiger partial charge < -0.3 is 10.2 Å². The van der Waals surface area contributed by atoms with Crippen LogP contribution in [0.5, 0.6) is 0 Å². The molecule has 0 fully saturated rings. The Morgan fingerprint density at radius 1 is 1.16 bits per heavy atom. The first kappa shape index (κ1) is 17.3. The van der Waals surface area contributed by atoms with Crippen LogP contribution in [0.3, 0.4) is 0 Å². The second kappa shape index (κ2) is 7.57. The number of nitrogens with zero attached hydrogens (tertiary/aromatic N) is 2. The van der Waals surface area contributed by atoms with E-state index in [4.69, 9.17) is 0 Å². The molecule has 2 aromatic carbocycles. The van der Waals surface area contributed by atoms with Crippen LogP contribution < -0.4 is 20.7 Å². The Labute approximate surface area is 152 Å². The molecule has 2 aromatic rings. The maximum absolute atomic E-state index is 12.7. The maximum atomic E-state index is 12.7. The van der Waals surface area contributed by atoms with Crippen LogP contribution in [0.15, 0.2) is 53.5 Å². The molecule has 128 valence electrons. The van der Waals surface area contributed by atoms with Crippen molar-refractivity contribution in [3.63, 3.8) is 0 Å². The number of aliphatic imine (C=N–C) groups is 1. The highest BCUT2D eigenvalue weighted by Crippen LogP contribution is 2.21. The molecule has 3 rings (SSSR count). The topological polar surface area (TPSA) is 44.7 Å². The molecule has 0 spiro atoms. The van der Waals surface area contributed by atoms with Gasteiger partial charge in [0.25, 0.3) is 5.91 Å². The number of anilines is 2. The van der Waals surface area contributed by atoms with E-state index >= 15 is 0 Å². The molecule has 1 aliphatic rings. The molecule has 25 heavy (non-hydrogen) atoms. The molecule has 4 nitrogen and oxygen atoms in total. The molecule has 1 aliphatic heterocycles. The highest BCUT2D eigenvalue weighted by atomic mass is 32.2. The SMILES string of the molecule is CN=C(C)N(C)c1ccc(NC(=O)C2=c3ccccc3=CCS2)cc1. The average molecular weight is 351 g/mol. The van der Waals surface area contributed by atoms with E-state index in [1.54, 1.807) is 18.8 Å². The zero-order valence-electron chi connectivity index (χ0n) is 14.6. The minimum Gasteiger partial charge on any atom is -0.334 e. The van der Waals surface area contributed by atoms with Gasteiger partial charge in [-0.1, -0.05) is 30.3 Å². The number of hydrogen-bond donors (Lipinski definition) is 1. The summed E-state index contributed by atoms with van der Waals surface area (Å²) in [4.78, 5) is 19.6. The maximum Gasteiger partial charge on any atom is 0.262 e. The molecule has 0 saturated carbocycles. The molecule has 0 bridgehead atoms. The van der Waals surface area contributed by atoms with E-state index in [2.05, 4.69) is 16.4 Å². The van der Waals surface area contributed by atoms with Crippen LogP contribution in [0.4, 0.5) is 11.4 Å². The number of rotatable bonds is 3. The smallest absolute Gasteiger partial charge is 0.262 e. The van der Waals surface area contributed by atoms with Crippen LogP contribution in [0.25, 0.3) is 11.0 Å². The van der Waals surface area contributed by atoms with Gasteiger partial charge in [0.1, 0.15) is 0 Å². The summed E-state index contributed by atoms with van der Waals surface area (Å²) < 4.78 is 0. The Kier molecular flexibility index (Phi) is 5.24. The standard InChI is InChI=1S/C20H21N3OS/c1-14(21-2)23(3)17-10-8-16(9-11-17)22-20(24)19-18-7-5-4-6-15(18)12-13-25-19/h4-12H,13H2,1-3H3,(H,22,24). The van der Waals surface area contributed by atoms with Crippen molar-refractivity contribution in [2.45, 2.75) is 6.92 Å². The summed E-state index contributed by atoms with van der Waals surface area (Å²) in [5.74, 6) is 1.69. The van der Waals surface area contributed by atoms with Crippen LogP contribution in [-0.2, 0) is 4.79 Å². The van der Waals surface area contributed by atoms with E-state index in [1.165, 1.54) is 0 Å². The number of carbonyl (C=O) groups excluding carboxylic acids is 1. The van der Waals surface area contributed by atoms with Crippen molar-refractivity contribution >= 4 is 45.9 Å². The van der Waals surface area contributed by atoms with Crippen molar-refractivity contribution in [2.24, 2.45) is 4.99 Å². The molecule has 1 amide bonds. The number of amidine groups is 1. The Morgan fingerprint density at radius 3 is 2.60 bits per heavy atom. The first-order valence-corrected chi connectivity index (χ1v) is 9.09. The summed E-state index contributed by atoms with van der Waals surface area (Å²) in [7, 11) is 3.74. The van der Waals surface area contributed by atoms with Crippen LogP contribution in [0.2, 0.25) is 0 Å². The van der Waals surface area contributed by atoms with Gasteiger partial charge >= 0.3 is 0 Å². The van der Waals surface area contributed by atoms with Crippen molar-refractivity contribution in [2.75, 3.05) is 30.1 Å². The molecule has 0 aromatic heterocycles. The molecule has 0 saturated heterocycles. The third kappa shape index (κ3) is 3.77. The van der Waals surface area contributed by atoms with E-state index in [0.29, 0.717) is 0 Å². The lowest BCUT2D eigenvalue weighted by molar-refractivity contribution is -0.110. The molecule has 5 heteroatoms. The molecule has 1 heterocycles. The van der Waals surface area contributed by atoms with Crippen molar-refractivity contribution < 1.29 is 4.79 Å². The monoisotopic (exact) mass is 351 g/mol. The summed E-state index contributed by atoms with van der Waals surface area (Å²) in [5, 5.41) is 5.13. The normalized spacial score (nSPS) is 13.7. The van der Waals surface area contributed by atoms with Gasteiger partial charge in [-0.05, 0) is 36.4 Å². The summed E-state index contributed by atoms with van der Waals surface area (Å²) >= 11 is 1.57. The van der Waals surface area contributed by atoms with E-state index in [9.17, 15) is 4.79 Å². The molecule has 0 atom stereocenters. The fraction of sp³-hybridized carbons (Fsp3) is 0.200. The van der Waals surface area contributed by atoms with E-state index in [-0.39, 0.29) is 5.91 Å². The van der Waals surface area contributed by atoms with Crippen LogP contribution in [0, 0.1) is 0 Å². The Bertz CT molecular complexity index is 932. The number of benzene rings is 2. The highest BCUT2D eigenvalue weighted by Gasteiger charge is 2.14. The van der Waals surface area contributed by atoms with E-state index in [0.717, 1.165) is 38.3 Å². The summed E-state index contributed by atoms with van der Waals surface area (Å²) in [6.45, 7) is 1.96. The fourth-order valence-corrected chi connectivity index (χ4v) is 3.61. The van der Waals surface area contributed by atoms with Gasteiger partial charge in [0, 0.05) is 36.4 Å². The van der Waals surface area contributed by atoms with Crippen molar-refractivity contribution in [1.82, 2.24) is 0 Å². The predicted octanol–water partition coefficient (Wildman–Crippen LogP) is 2.45. The number of nitrogens with one attached hydrogen (secondary N) is 1. The second-order valence-corrected chi connectivity index (χ2v) is 6.79. The molecule has 0 aliphatic carbocycles. The lowest BCUT2D eigenvalue weighted by atomic mass is 10.2. The zero-order chi connectivity index (χ0) is 17.8. The Balaban J connectivity index is 1.82. The van der Waals surface area contributed by atoms with Gasteiger partial charge in [0.2, 0.25) is 0 Å². The summed E-state index contributed by atoms with van der Waals surface area (Å²) in [6.07, 6.45) is 2.15. The molecule has 0 radical (unpaired) electrons. The average Bonchev–Trinajstić information content (AvgIpc) is 2.66. The Morgan fingerprint density at radius 2 is 1.88 bits per heavy atom. The van der Waals surface area contributed by atoms with Gasteiger partial charge in [-0.25, -0.2) is 0 Å². The predicted molar refractivity (Wildman–Crippen MR) is 109 cm³/mol. The van der Waals surface area contributed by atoms with Crippen LogP contribution >= 0.6 is 11.8 Å². The van der Waals surface area contributed by atoms with Crippen molar-refractivity contribution in [3.8, 4) is 0 Å². The quantitative estimate of drug-likeness (QED) is 0.682. The van der Waals surface area contributed by atoms with Gasteiger partial charge in [0.15, 0.2) is 0 Å². The largest absolute Gasteiger partial charge is 0.334 e. The minimum atomic E-state index is -0.0574. The van der Waals surface area contributed by atoms with Crippen LogP contribution in [-0.4, -0.2) is 31.6 Å². The van der Waals surface area contributed by atoms with E-state index in [1.807, 2.05) is 67.4 Å². The lowest BCUT2D eigenvalue weighted by Gasteiger charge is -2.19. The number of amides is 1. The summed E-state index contributed by atoms with van der Waals surface area (Å²) in [5.41, 5.74) is 1.81. The molecular weight excluding hydrogens is 330 g/mol. The first-order valence-electron chi connectivity index (χ1n) is 8.11. The number of thioether (sulfide) groups is 1. The number of hydrogen-bond acceptors (Lipinski definition) is 3. The third-order valence-corrected chi connectivity index (χ3v) is 5.29. The molecular formula is C20H21N3OS. The second-order valence-electron chi connectivity index (χ2n) is 5.76. The van der Waals surface area contributed by atoms with Crippen molar-refractivity contribution in [1.29, 1.82) is 0 Å². The van der Waals surface area contributed by atoms with Gasteiger partial charge in [-0.3, -0.25) is 9.79 Å². The zero-order valence-corrected chi connectivity index (χ0v) is 15.4. The number of fused-ring (bicyclic) bond motifs is 1. The number of carbonyl (C=O) groups is 1. The van der Waals surface area contributed by atoms with Gasteiger partial charge in [-0.15, -0.1) is 11.8 Å². The third-order valence-electron chi connectivity index (χ3n) is 4.26. The lowest BCUT2D eigenvalue weighted by Crippen LogP contribution is -2.32. The highest BCUT2D eigenvalue weighted by molar-refractivity contribution is 8.09. The van der Waals surface area contributed by atoms with E-state index < -0.39 is 0 Å². The Hall–Kier alpha value is -2.53. The molecule has 1 N–H and O–H groups in total. The first-order chi connectivity index (χ1) is 12.1. The minimum absolute atomic E-state index is 0.0574.